The van der Waals surface area contributed by atoms with Crippen LogP contribution in [0, 0.1) is 6.92 Å². The molecule has 1 fully saturated rings. The number of nitrogens with zero attached hydrogens (tertiary/aromatic N) is 2. The van der Waals surface area contributed by atoms with Gasteiger partial charge in [0.2, 0.25) is 0 Å². The summed E-state index contributed by atoms with van der Waals surface area (Å²) in [6.45, 7) is 1.89. The van der Waals surface area contributed by atoms with E-state index in [2.05, 4.69) is 4.57 Å². The van der Waals surface area contributed by atoms with Crippen LogP contribution in [0.25, 0.3) is 22.4 Å². The Morgan fingerprint density at radius 3 is 2.71 bits per heavy atom. The summed E-state index contributed by atoms with van der Waals surface area (Å²) < 4.78 is 2.26. The lowest BCUT2D eigenvalue weighted by atomic mass is 10.1. The second-order valence-corrected chi connectivity index (χ2v) is 6.11. The summed E-state index contributed by atoms with van der Waals surface area (Å²) in [5.41, 5.74) is 3.83. The Labute approximate surface area is 127 Å². The zero-order valence-corrected chi connectivity index (χ0v) is 12.4. The van der Waals surface area contributed by atoms with Gasteiger partial charge < -0.3 is 9.67 Å². The minimum Gasteiger partial charge on any atom is -0.508 e. The Kier molecular flexibility index (Phi) is 2.73. The smallest absolute Gasteiger partial charge is 0.141 e. The SMILES string of the molecule is Cc1ccc(-c2nc3ccc(Cl)cc3n2C2CC2)cc1O. The molecule has 106 valence electrons. The Morgan fingerprint density at radius 1 is 1.19 bits per heavy atom. The molecule has 3 nitrogen and oxygen atoms in total. The third-order valence-corrected chi connectivity index (χ3v) is 4.27. The maximum atomic E-state index is 9.97. The van der Waals surface area contributed by atoms with Crippen molar-refractivity contribution in [2.75, 3.05) is 0 Å². The molecule has 1 aliphatic carbocycles. The summed E-state index contributed by atoms with van der Waals surface area (Å²) in [5.74, 6) is 1.21. The summed E-state index contributed by atoms with van der Waals surface area (Å²) in [7, 11) is 0. The minimum absolute atomic E-state index is 0.305. The molecule has 0 saturated heterocycles. The first kappa shape index (κ1) is 12.7. The van der Waals surface area contributed by atoms with E-state index in [9.17, 15) is 5.11 Å². The van der Waals surface area contributed by atoms with E-state index in [1.165, 1.54) is 12.8 Å². The average Bonchev–Trinajstić information content (AvgIpc) is 3.23. The summed E-state index contributed by atoms with van der Waals surface area (Å²) >= 11 is 6.14. The minimum atomic E-state index is 0.305. The summed E-state index contributed by atoms with van der Waals surface area (Å²) in [6.07, 6.45) is 2.34. The molecule has 1 N–H and O–H groups in total. The van der Waals surface area contributed by atoms with Crippen molar-refractivity contribution in [3.8, 4) is 17.1 Å². The van der Waals surface area contributed by atoms with E-state index in [-0.39, 0.29) is 0 Å². The number of aryl methyl sites for hydroxylation is 1. The molecular weight excluding hydrogens is 284 g/mol. The summed E-state index contributed by atoms with van der Waals surface area (Å²) in [4.78, 5) is 4.75. The number of benzene rings is 2. The van der Waals surface area contributed by atoms with E-state index in [0.717, 1.165) is 33.0 Å². The molecule has 1 aromatic heterocycles. The highest BCUT2D eigenvalue weighted by Gasteiger charge is 2.28. The van der Waals surface area contributed by atoms with Crippen molar-refractivity contribution < 1.29 is 5.11 Å². The molecule has 4 rings (SSSR count). The number of halogens is 1. The maximum absolute atomic E-state index is 9.97. The third-order valence-electron chi connectivity index (χ3n) is 4.03. The number of aromatic nitrogens is 2. The van der Waals surface area contributed by atoms with E-state index in [1.54, 1.807) is 6.07 Å². The summed E-state index contributed by atoms with van der Waals surface area (Å²) in [5, 5.41) is 10.7. The number of aromatic hydroxyl groups is 1. The average molecular weight is 299 g/mol. The number of imidazole rings is 1. The number of fused-ring (bicyclic) bond motifs is 1. The van der Waals surface area contributed by atoms with Crippen molar-refractivity contribution in [2.24, 2.45) is 0 Å². The molecule has 1 aliphatic rings. The van der Waals surface area contributed by atoms with Crippen molar-refractivity contribution in [2.45, 2.75) is 25.8 Å². The van der Waals surface area contributed by atoms with Gasteiger partial charge in [-0.05, 0) is 49.6 Å². The van der Waals surface area contributed by atoms with Crippen LogP contribution in [0.5, 0.6) is 5.75 Å². The highest BCUT2D eigenvalue weighted by Crippen LogP contribution is 2.42. The molecule has 3 aromatic rings. The number of phenolic OH excluding ortho intramolecular Hbond substituents is 1. The van der Waals surface area contributed by atoms with Crippen molar-refractivity contribution in [3.63, 3.8) is 0 Å². The standard InChI is InChI=1S/C17H15ClN2O/c1-10-2-3-11(8-16(10)21)17-19-14-7-4-12(18)9-15(14)20(17)13-5-6-13/h2-4,7-9,13,21H,5-6H2,1H3. The van der Waals surface area contributed by atoms with Gasteiger partial charge in [-0.25, -0.2) is 4.98 Å². The second kappa shape index (κ2) is 4.50. The number of hydrogen-bond acceptors (Lipinski definition) is 2. The van der Waals surface area contributed by atoms with Gasteiger partial charge >= 0.3 is 0 Å². The highest BCUT2D eigenvalue weighted by molar-refractivity contribution is 6.31. The van der Waals surface area contributed by atoms with Crippen LogP contribution in [0.15, 0.2) is 36.4 Å². The summed E-state index contributed by atoms with van der Waals surface area (Å²) in [6, 6.07) is 12.0. The molecule has 0 radical (unpaired) electrons. The molecule has 0 atom stereocenters. The van der Waals surface area contributed by atoms with Crippen LogP contribution in [-0.4, -0.2) is 14.7 Å². The molecule has 0 unspecified atom stereocenters. The van der Waals surface area contributed by atoms with Crippen molar-refractivity contribution in [1.82, 2.24) is 9.55 Å². The van der Waals surface area contributed by atoms with Gasteiger partial charge in [0.1, 0.15) is 11.6 Å². The second-order valence-electron chi connectivity index (χ2n) is 5.67. The fourth-order valence-corrected chi connectivity index (χ4v) is 2.89. The monoisotopic (exact) mass is 298 g/mol. The zero-order chi connectivity index (χ0) is 14.6. The lowest BCUT2D eigenvalue weighted by Crippen LogP contribution is -1.97. The molecule has 1 heterocycles. The van der Waals surface area contributed by atoms with Crippen LogP contribution in [-0.2, 0) is 0 Å². The molecule has 4 heteroatoms. The van der Waals surface area contributed by atoms with Crippen molar-refractivity contribution >= 4 is 22.6 Å². The van der Waals surface area contributed by atoms with Gasteiger partial charge in [-0.15, -0.1) is 0 Å². The number of phenols is 1. The Bertz CT molecular complexity index is 849. The molecule has 1 saturated carbocycles. The van der Waals surface area contributed by atoms with E-state index in [4.69, 9.17) is 16.6 Å². The first-order chi connectivity index (χ1) is 10.1. The van der Waals surface area contributed by atoms with Crippen LogP contribution in [0.2, 0.25) is 5.02 Å². The predicted octanol–water partition coefficient (Wildman–Crippen LogP) is 4.71. The van der Waals surface area contributed by atoms with Crippen LogP contribution in [0.4, 0.5) is 0 Å². The van der Waals surface area contributed by atoms with Gasteiger partial charge in [0, 0.05) is 16.6 Å². The van der Waals surface area contributed by atoms with Crippen LogP contribution < -0.4 is 0 Å². The fourth-order valence-electron chi connectivity index (χ4n) is 2.72. The lowest BCUT2D eigenvalue weighted by Gasteiger charge is -2.09. The van der Waals surface area contributed by atoms with Gasteiger partial charge in [0.05, 0.1) is 11.0 Å². The van der Waals surface area contributed by atoms with Crippen LogP contribution >= 0.6 is 11.6 Å². The molecule has 0 amide bonds. The van der Waals surface area contributed by atoms with E-state index in [1.807, 2.05) is 37.3 Å². The quantitative estimate of drug-likeness (QED) is 0.744. The topological polar surface area (TPSA) is 38.0 Å². The maximum Gasteiger partial charge on any atom is 0.141 e. The molecule has 0 aliphatic heterocycles. The van der Waals surface area contributed by atoms with E-state index in [0.29, 0.717) is 11.8 Å². The van der Waals surface area contributed by atoms with Crippen molar-refractivity contribution in [3.05, 3.63) is 47.0 Å². The van der Waals surface area contributed by atoms with Gasteiger partial charge in [-0.2, -0.15) is 0 Å². The first-order valence-corrected chi connectivity index (χ1v) is 7.49. The molecule has 0 spiro atoms. The largest absolute Gasteiger partial charge is 0.508 e. The Balaban J connectivity index is 1.99. The van der Waals surface area contributed by atoms with Crippen molar-refractivity contribution in [1.29, 1.82) is 0 Å². The van der Waals surface area contributed by atoms with Gasteiger partial charge in [0.15, 0.2) is 0 Å². The van der Waals surface area contributed by atoms with E-state index < -0.39 is 0 Å². The molecular formula is C17H15ClN2O. The zero-order valence-electron chi connectivity index (χ0n) is 11.7. The van der Waals surface area contributed by atoms with Gasteiger partial charge in [-0.1, -0.05) is 23.7 Å². The molecule has 21 heavy (non-hydrogen) atoms. The first-order valence-electron chi connectivity index (χ1n) is 7.11. The predicted molar refractivity (Wildman–Crippen MR) is 84.9 cm³/mol. The van der Waals surface area contributed by atoms with Crippen LogP contribution in [0.3, 0.4) is 0 Å². The van der Waals surface area contributed by atoms with E-state index >= 15 is 0 Å². The Morgan fingerprint density at radius 2 is 2.00 bits per heavy atom. The lowest BCUT2D eigenvalue weighted by molar-refractivity contribution is 0.471. The highest BCUT2D eigenvalue weighted by atomic mass is 35.5. The molecule has 2 aromatic carbocycles. The number of hydrogen-bond donors (Lipinski definition) is 1. The third kappa shape index (κ3) is 2.09. The normalized spacial score (nSPS) is 14.8. The number of rotatable bonds is 2. The Hall–Kier alpha value is -2.00. The fraction of sp³-hybridized carbons (Fsp3) is 0.235. The van der Waals surface area contributed by atoms with Gasteiger partial charge in [-0.3, -0.25) is 0 Å². The van der Waals surface area contributed by atoms with Gasteiger partial charge in [0.25, 0.3) is 0 Å². The van der Waals surface area contributed by atoms with Crippen LogP contribution in [0.1, 0.15) is 24.4 Å². The molecule has 0 bridgehead atoms.